The Balaban J connectivity index is 1.57. The van der Waals surface area contributed by atoms with E-state index in [1.807, 2.05) is 97.9 Å². The number of carbonyl (C=O) groups excluding carboxylic acids is 2. The number of carbonyl (C=O) groups is 2. The van der Waals surface area contributed by atoms with Crippen LogP contribution in [0.2, 0.25) is 0 Å². The Morgan fingerprint density at radius 1 is 0.865 bits per heavy atom. The van der Waals surface area contributed by atoms with Gasteiger partial charge >= 0.3 is 0 Å². The number of anilines is 1. The third-order valence-corrected chi connectivity index (χ3v) is 6.13. The zero-order valence-corrected chi connectivity index (χ0v) is 21.9. The molecule has 4 rings (SSSR count). The Labute approximate surface area is 218 Å². The van der Waals surface area contributed by atoms with Gasteiger partial charge in [-0.25, -0.2) is 4.68 Å². The summed E-state index contributed by atoms with van der Waals surface area (Å²) < 4.78 is 1.76. The molecular weight excluding hydrogens is 460 g/mol. The van der Waals surface area contributed by atoms with Gasteiger partial charge in [-0.3, -0.25) is 9.59 Å². The monoisotopic (exact) mass is 494 g/mol. The van der Waals surface area contributed by atoms with Crippen molar-refractivity contribution in [2.75, 3.05) is 11.9 Å². The molecule has 190 valence electrons. The minimum Gasteiger partial charge on any atom is -0.329 e. The van der Waals surface area contributed by atoms with Gasteiger partial charge in [-0.15, -0.1) is 0 Å². The van der Waals surface area contributed by atoms with Crippen LogP contribution in [-0.2, 0) is 28.0 Å². The first kappa shape index (κ1) is 25.9. The number of hydrogen-bond donors (Lipinski definition) is 1. The van der Waals surface area contributed by atoms with Crippen LogP contribution >= 0.6 is 0 Å². The summed E-state index contributed by atoms with van der Waals surface area (Å²) in [7, 11) is 0. The summed E-state index contributed by atoms with van der Waals surface area (Å²) in [6, 6.07) is 29.2. The molecule has 0 radical (unpaired) electrons. The van der Waals surface area contributed by atoms with Crippen LogP contribution in [0.5, 0.6) is 0 Å². The van der Waals surface area contributed by atoms with Crippen molar-refractivity contribution >= 4 is 17.6 Å². The van der Waals surface area contributed by atoms with Gasteiger partial charge in [-0.1, -0.05) is 99.1 Å². The van der Waals surface area contributed by atoms with Gasteiger partial charge < -0.3 is 10.2 Å². The fraction of sp³-hybridized carbons (Fsp3) is 0.258. The van der Waals surface area contributed by atoms with Crippen molar-refractivity contribution in [2.45, 2.75) is 46.1 Å². The highest BCUT2D eigenvalue weighted by Gasteiger charge is 2.23. The number of nitrogens with one attached hydrogen (secondary N) is 1. The predicted octanol–water partition coefficient (Wildman–Crippen LogP) is 5.69. The first-order valence-corrected chi connectivity index (χ1v) is 12.5. The topological polar surface area (TPSA) is 67.2 Å². The molecule has 0 atom stereocenters. The highest BCUT2D eigenvalue weighted by Crippen LogP contribution is 2.26. The van der Waals surface area contributed by atoms with E-state index in [1.54, 1.807) is 9.58 Å². The molecule has 1 heterocycles. The number of aryl methyl sites for hydroxylation is 1. The lowest BCUT2D eigenvalue weighted by molar-refractivity contribution is -0.134. The van der Waals surface area contributed by atoms with Crippen LogP contribution in [0.25, 0.3) is 5.69 Å². The number of benzene rings is 3. The van der Waals surface area contributed by atoms with Crippen molar-refractivity contribution in [3.63, 3.8) is 0 Å². The summed E-state index contributed by atoms with van der Waals surface area (Å²) in [5.41, 5.74) is 4.56. The van der Waals surface area contributed by atoms with E-state index >= 15 is 0 Å². The smallest absolute Gasteiger partial charge is 0.245 e. The van der Waals surface area contributed by atoms with Crippen molar-refractivity contribution < 1.29 is 9.59 Å². The van der Waals surface area contributed by atoms with Gasteiger partial charge in [0.05, 0.1) is 17.8 Å². The van der Waals surface area contributed by atoms with Gasteiger partial charge in [0.15, 0.2) is 0 Å². The van der Waals surface area contributed by atoms with Gasteiger partial charge in [0, 0.05) is 18.0 Å². The van der Waals surface area contributed by atoms with Crippen molar-refractivity contribution in [1.82, 2.24) is 14.7 Å². The summed E-state index contributed by atoms with van der Waals surface area (Å²) in [6.45, 7) is 8.58. The van der Waals surface area contributed by atoms with Gasteiger partial charge in [-0.2, -0.15) is 5.10 Å². The molecule has 0 unspecified atom stereocenters. The molecule has 37 heavy (non-hydrogen) atoms. The average molecular weight is 495 g/mol. The fourth-order valence-corrected chi connectivity index (χ4v) is 3.99. The Morgan fingerprint density at radius 3 is 2.05 bits per heavy atom. The van der Waals surface area contributed by atoms with E-state index < -0.39 is 0 Å². The molecule has 0 saturated carbocycles. The summed E-state index contributed by atoms with van der Waals surface area (Å²) in [6.07, 6.45) is 0.233. The number of hydrogen-bond acceptors (Lipinski definition) is 3. The lowest BCUT2D eigenvalue weighted by atomic mass is 9.92. The van der Waals surface area contributed by atoms with E-state index in [0.29, 0.717) is 12.4 Å². The molecule has 1 aromatic heterocycles. The third kappa shape index (κ3) is 6.94. The van der Waals surface area contributed by atoms with Crippen LogP contribution in [0.15, 0.2) is 91.0 Å². The largest absolute Gasteiger partial charge is 0.329 e. The summed E-state index contributed by atoms with van der Waals surface area (Å²) in [5.74, 6) is 0.202. The van der Waals surface area contributed by atoms with Crippen molar-refractivity contribution in [3.05, 3.63) is 113 Å². The molecule has 0 aliphatic heterocycles. The van der Waals surface area contributed by atoms with Crippen LogP contribution in [0, 0.1) is 6.92 Å². The van der Waals surface area contributed by atoms with E-state index in [1.165, 1.54) is 0 Å². The SMILES string of the molecule is Cc1ccc(-n2nc(C(C)(C)C)cc2NC(=O)CN(Cc2ccccc2)C(=O)Cc2ccccc2)cc1. The van der Waals surface area contributed by atoms with E-state index in [9.17, 15) is 9.59 Å². The molecule has 6 heteroatoms. The van der Waals surface area contributed by atoms with E-state index in [0.717, 1.165) is 28.1 Å². The van der Waals surface area contributed by atoms with Crippen molar-refractivity contribution in [3.8, 4) is 5.69 Å². The summed E-state index contributed by atoms with van der Waals surface area (Å²) in [5, 5.41) is 7.81. The Hall–Kier alpha value is -4.19. The van der Waals surface area contributed by atoms with Crippen LogP contribution in [0.3, 0.4) is 0 Å². The van der Waals surface area contributed by atoms with Crippen LogP contribution in [-0.4, -0.2) is 33.0 Å². The van der Waals surface area contributed by atoms with E-state index in [4.69, 9.17) is 5.10 Å². The van der Waals surface area contributed by atoms with Crippen molar-refractivity contribution in [2.24, 2.45) is 0 Å². The van der Waals surface area contributed by atoms with Crippen LogP contribution in [0.4, 0.5) is 5.82 Å². The molecule has 0 bridgehead atoms. The molecule has 1 N–H and O–H groups in total. The fourth-order valence-electron chi connectivity index (χ4n) is 3.99. The van der Waals surface area contributed by atoms with E-state index in [-0.39, 0.29) is 30.2 Å². The quantitative estimate of drug-likeness (QED) is 0.342. The van der Waals surface area contributed by atoms with Crippen molar-refractivity contribution in [1.29, 1.82) is 0 Å². The predicted molar refractivity (Wildman–Crippen MR) is 148 cm³/mol. The summed E-state index contributed by atoms with van der Waals surface area (Å²) in [4.78, 5) is 28.2. The first-order chi connectivity index (χ1) is 17.7. The van der Waals surface area contributed by atoms with Gasteiger partial charge in [0.25, 0.3) is 0 Å². The lowest BCUT2D eigenvalue weighted by Crippen LogP contribution is -2.38. The molecule has 2 amide bonds. The van der Waals surface area contributed by atoms with E-state index in [2.05, 4.69) is 26.1 Å². The molecule has 0 aliphatic carbocycles. The number of nitrogens with zero attached hydrogens (tertiary/aromatic N) is 3. The highest BCUT2D eigenvalue weighted by atomic mass is 16.2. The maximum absolute atomic E-state index is 13.3. The molecule has 0 fully saturated rings. The second kappa shape index (κ2) is 11.2. The Bertz CT molecular complexity index is 1340. The summed E-state index contributed by atoms with van der Waals surface area (Å²) >= 11 is 0. The molecule has 6 nitrogen and oxygen atoms in total. The molecule has 0 spiro atoms. The molecule has 3 aromatic carbocycles. The highest BCUT2D eigenvalue weighted by molar-refractivity contribution is 5.94. The number of rotatable bonds is 8. The molecular formula is C31H34N4O2. The first-order valence-electron chi connectivity index (χ1n) is 12.5. The maximum Gasteiger partial charge on any atom is 0.245 e. The molecule has 0 saturated heterocycles. The average Bonchev–Trinajstić information content (AvgIpc) is 3.29. The van der Waals surface area contributed by atoms with Gasteiger partial charge in [0.2, 0.25) is 11.8 Å². The normalized spacial score (nSPS) is 11.2. The molecule has 0 aliphatic rings. The number of amides is 2. The minimum atomic E-state index is -0.272. The molecule has 4 aromatic rings. The lowest BCUT2D eigenvalue weighted by Gasteiger charge is -2.23. The minimum absolute atomic E-state index is 0.0650. The second-order valence-electron chi connectivity index (χ2n) is 10.4. The Kier molecular flexibility index (Phi) is 7.87. The standard InChI is InChI=1S/C31H34N4O2/c1-23-15-17-26(18-16-23)35-28(20-27(33-35)31(2,3)4)32-29(36)22-34(21-25-13-9-6-10-14-25)30(37)19-24-11-7-5-8-12-24/h5-18,20H,19,21-22H2,1-4H3,(H,32,36). The third-order valence-electron chi connectivity index (χ3n) is 6.13. The van der Waals surface area contributed by atoms with Gasteiger partial charge in [-0.05, 0) is 30.2 Å². The van der Waals surface area contributed by atoms with Gasteiger partial charge in [0.1, 0.15) is 12.4 Å². The Morgan fingerprint density at radius 2 is 1.46 bits per heavy atom. The zero-order chi connectivity index (χ0) is 26.4. The maximum atomic E-state index is 13.3. The second-order valence-corrected chi connectivity index (χ2v) is 10.4. The van der Waals surface area contributed by atoms with Crippen LogP contribution in [0.1, 0.15) is 43.2 Å². The van der Waals surface area contributed by atoms with Crippen LogP contribution < -0.4 is 5.32 Å². The number of aromatic nitrogens is 2. The zero-order valence-electron chi connectivity index (χ0n) is 21.9.